The van der Waals surface area contributed by atoms with Crippen molar-refractivity contribution in [1.29, 1.82) is 0 Å². The molecule has 0 saturated carbocycles. The Kier molecular flexibility index (Phi) is 6.36. The quantitative estimate of drug-likeness (QED) is 0.730. The van der Waals surface area contributed by atoms with E-state index in [-0.39, 0.29) is 12.0 Å². The van der Waals surface area contributed by atoms with Gasteiger partial charge in [-0.1, -0.05) is 0 Å². The second kappa shape index (κ2) is 7.56. The molecule has 0 aliphatic rings. The molecule has 6 nitrogen and oxygen atoms in total. The highest BCUT2D eigenvalue weighted by atomic mass is 16.5. The standard InChI is InChI=1S/C15H28N4O2/c1-7-21-14(20)15(4,17-12(2)3)11-18(5)10-13-16-8-9-19(13)6/h8-9,12,17H,7,10-11H2,1-6H3. The number of carbonyl (C=O) groups is 1. The fourth-order valence-corrected chi connectivity index (χ4v) is 2.48. The van der Waals surface area contributed by atoms with Crippen LogP contribution in [-0.2, 0) is 23.1 Å². The van der Waals surface area contributed by atoms with Gasteiger partial charge >= 0.3 is 5.97 Å². The number of carbonyl (C=O) groups excluding carboxylic acids is 1. The largest absolute Gasteiger partial charge is 0.465 e. The molecule has 1 unspecified atom stereocenters. The lowest BCUT2D eigenvalue weighted by atomic mass is 10.0. The van der Waals surface area contributed by atoms with Crippen LogP contribution in [0.15, 0.2) is 12.4 Å². The van der Waals surface area contributed by atoms with Crippen LogP contribution in [0.4, 0.5) is 0 Å². The molecule has 1 N–H and O–H groups in total. The highest BCUT2D eigenvalue weighted by Gasteiger charge is 2.36. The number of rotatable bonds is 8. The summed E-state index contributed by atoms with van der Waals surface area (Å²) in [6.07, 6.45) is 3.69. The van der Waals surface area contributed by atoms with Crippen molar-refractivity contribution in [2.24, 2.45) is 7.05 Å². The summed E-state index contributed by atoms with van der Waals surface area (Å²) in [5.74, 6) is 0.749. The van der Waals surface area contributed by atoms with Crippen LogP contribution in [-0.4, -0.2) is 52.2 Å². The van der Waals surface area contributed by atoms with Gasteiger partial charge in [-0.3, -0.25) is 15.0 Å². The number of likely N-dealkylation sites (N-methyl/N-ethyl adjacent to an activating group) is 1. The number of aromatic nitrogens is 2. The Labute approximate surface area is 127 Å². The predicted molar refractivity (Wildman–Crippen MR) is 82.9 cm³/mol. The minimum atomic E-state index is -0.732. The van der Waals surface area contributed by atoms with E-state index in [0.717, 1.165) is 5.82 Å². The van der Waals surface area contributed by atoms with Gasteiger partial charge < -0.3 is 9.30 Å². The van der Waals surface area contributed by atoms with E-state index < -0.39 is 5.54 Å². The molecule has 1 atom stereocenters. The topological polar surface area (TPSA) is 59.4 Å². The number of nitrogens with zero attached hydrogens (tertiary/aromatic N) is 3. The molecule has 0 saturated heterocycles. The maximum atomic E-state index is 12.3. The Bertz CT molecular complexity index is 458. The summed E-state index contributed by atoms with van der Waals surface area (Å²) in [7, 11) is 3.95. The third-order valence-corrected chi connectivity index (χ3v) is 3.25. The van der Waals surface area contributed by atoms with Crippen molar-refractivity contribution in [2.75, 3.05) is 20.2 Å². The fourth-order valence-electron chi connectivity index (χ4n) is 2.48. The van der Waals surface area contributed by atoms with Crippen LogP contribution in [0.25, 0.3) is 0 Å². The van der Waals surface area contributed by atoms with Crippen LogP contribution in [0.2, 0.25) is 0 Å². The monoisotopic (exact) mass is 296 g/mol. The molecule has 0 fully saturated rings. The van der Waals surface area contributed by atoms with Gasteiger partial charge in [-0.15, -0.1) is 0 Å². The van der Waals surface area contributed by atoms with Crippen LogP contribution in [0.3, 0.4) is 0 Å². The zero-order valence-corrected chi connectivity index (χ0v) is 14.0. The number of ether oxygens (including phenoxy) is 1. The molecular formula is C15H28N4O2. The molecule has 1 aromatic heterocycles. The van der Waals surface area contributed by atoms with E-state index in [1.807, 2.05) is 52.6 Å². The summed E-state index contributed by atoms with van der Waals surface area (Å²) in [4.78, 5) is 18.7. The minimum Gasteiger partial charge on any atom is -0.465 e. The van der Waals surface area contributed by atoms with Gasteiger partial charge in [-0.2, -0.15) is 0 Å². The molecule has 0 amide bonds. The second-order valence-electron chi connectivity index (χ2n) is 5.98. The molecule has 0 aromatic carbocycles. The number of aryl methyl sites for hydroxylation is 1. The van der Waals surface area contributed by atoms with Gasteiger partial charge in [0.25, 0.3) is 0 Å². The Hall–Kier alpha value is -1.40. The van der Waals surface area contributed by atoms with E-state index in [9.17, 15) is 4.79 Å². The first-order valence-electron chi connectivity index (χ1n) is 7.38. The number of hydrogen-bond donors (Lipinski definition) is 1. The first kappa shape index (κ1) is 17.7. The van der Waals surface area contributed by atoms with Crippen LogP contribution >= 0.6 is 0 Å². The van der Waals surface area contributed by atoms with Gasteiger partial charge in [0.15, 0.2) is 0 Å². The molecule has 1 rings (SSSR count). The van der Waals surface area contributed by atoms with Gasteiger partial charge in [-0.25, -0.2) is 4.98 Å². The van der Waals surface area contributed by atoms with Gasteiger partial charge in [0.1, 0.15) is 11.4 Å². The smallest absolute Gasteiger partial charge is 0.327 e. The zero-order chi connectivity index (χ0) is 16.0. The highest BCUT2D eigenvalue weighted by Crippen LogP contribution is 2.12. The van der Waals surface area contributed by atoms with E-state index in [0.29, 0.717) is 19.7 Å². The van der Waals surface area contributed by atoms with Crippen molar-refractivity contribution in [2.45, 2.75) is 45.8 Å². The van der Waals surface area contributed by atoms with Gasteiger partial charge in [0.2, 0.25) is 0 Å². The molecule has 1 aromatic rings. The maximum absolute atomic E-state index is 12.3. The molecule has 0 aliphatic heterocycles. The van der Waals surface area contributed by atoms with Gasteiger partial charge in [0, 0.05) is 32.0 Å². The SMILES string of the molecule is CCOC(=O)C(C)(CN(C)Cc1nccn1C)NC(C)C. The average Bonchev–Trinajstić information content (AvgIpc) is 2.73. The Morgan fingerprint density at radius 3 is 2.71 bits per heavy atom. The lowest BCUT2D eigenvalue weighted by Gasteiger charge is -2.34. The number of hydrogen-bond acceptors (Lipinski definition) is 5. The van der Waals surface area contributed by atoms with Crippen molar-refractivity contribution < 1.29 is 9.53 Å². The van der Waals surface area contributed by atoms with Crippen molar-refractivity contribution in [3.05, 3.63) is 18.2 Å². The van der Waals surface area contributed by atoms with Crippen LogP contribution in [0, 0.1) is 0 Å². The van der Waals surface area contributed by atoms with Crippen LogP contribution < -0.4 is 5.32 Å². The number of esters is 1. The third-order valence-electron chi connectivity index (χ3n) is 3.25. The summed E-state index contributed by atoms with van der Waals surface area (Å²) in [6, 6.07) is 0.195. The zero-order valence-electron chi connectivity index (χ0n) is 14.0. The molecule has 0 bridgehead atoms. The lowest BCUT2D eigenvalue weighted by Crippen LogP contribution is -2.59. The predicted octanol–water partition coefficient (Wildman–Crippen LogP) is 1.17. The van der Waals surface area contributed by atoms with Crippen molar-refractivity contribution in [3.8, 4) is 0 Å². The first-order valence-corrected chi connectivity index (χ1v) is 7.38. The lowest BCUT2D eigenvalue weighted by molar-refractivity contribution is -0.151. The Balaban J connectivity index is 2.75. The van der Waals surface area contributed by atoms with Crippen molar-refractivity contribution >= 4 is 5.97 Å². The second-order valence-corrected chi connectivity index (χ2v) is 5.98. The third kappa shape index (κ3) is 5.13. The van der Waals surface area contributed by atoms with Crippen molar-refractivity contribution in [3.63, 3.8) is 0 Å². The summed E-state index contributed by atoms with van der Waals surface area (Å²) < 4.78 is 7.20. The molecule has 1 heterocycles. The molecule has 0 radical (unpaired) electrons. The number of nitrogens with one attached hydrogen (secondary N) is 1. The fraction of sp³-hybridized carbons (Fsp3) is 0.733. The summed E-state index contributed by atoms with van der Waals surface area (Å²) >= 11 is 0. The normalized spacial score (nSPS) is 14.5. The maximum Gasteiger partial charge on any atom is 0.327 e. The summed E-state index contributed by atoms with van der Waals surface area (Å²) in [6.45, 7) is 9.38. The van der Waals surface area contributed by atoms with E-state index in [2.05, 4.69) is 15.2 Å². The van der Waals surface area contributed by atoms with Crippen LogP contribution in [0.5, 0.6) is 0 Å². The van der Waals surface area contributed by atoms with E-state index in [1.165, 1.54) is 0 Å². The van der Waals surface area contributed by atoms with Crippen LogP contribution in [0.1, 0.15) is 33.5 Å². The highest BCUT2D eigenvalue weighted by molar-refractivity contribution is 5.80. The van der Waals surface area contributed by atoms with Crippen molar-refractivity contribution in [1.82, 2.24) is 19.8 Å². The van der Waals surface area contributed by atoms with Gasteiger partial charge in [-0.05, 0) is 34.7 Å². The molecule has 0 aliphatic carbocycles. The molecule has 0 spiro atoms. The molecule has 21 heavy (non-hydrogen) atoms. The molecular weight excluding hydrogens is 268 g/mol. The first-order chi connectivity index (χ1) is 9.78. The Morgan fingerprint density at radius 2 is 2.24 bits per heavy atom. The van der Waals surface area contributed by atoms with E-state index in [1.54, 1.807) is 6.20 Å². The Morgan fingerprint density at radius 1 is 1.57 bits per heavy atom. The minimum absolute atomic E-state index is 0.195. The van der Waals surface area contributed by atoms with E-state index >= 15 is 0 Å². The summed E-state index contributed by atoms with van der Waals surface area (Å²) in [5.41, 5.74) is -0.732. The summed E-state index contributed by atoms with van der Waals surface area (Å²) in [5, 5.41) is 3.32. The molecule has 6 heteroatoms. The van der Waals surface area contributed by atoms with Gasteiger partial charge in [0.05, 0.1) is 13.2 Å². The number of imidazole rings is 1. The van der Waals surface area contributed by atoms with E-state index in [4.69, 9.17) is 4.74 Å². The average molecular weight is 296 g/mol. The molecule has 120 valence electrons.